The van der Waals surface area contributed by atoms with Gasteiger partial charge in [-0.25, -0.2) is 0 Å². The van der Waals surface area contributed by atoms with E-state index in [9.17, 15) is 4.79 Å². The van der Waals surface area contributed by atoms with Gasteiger partial charge in [-0.15, -0.1) is 0 Å². The average Bonchev–Trinajstić information content (AvgIpc) is 2.95. The predicted molar refractivity (Wildman–Crippen MR) is 170 cm³/mol. The first-order chi connectivity index (χ1) is 18.9. The van der Waals surface area contributed by atoms with Gasteiger partial charge in [-0.3, -0.25) is 0 Å². The maximum absolute atomic E-state index is 12.7. The molecule has 1 saturated carbocycles. The third kappa shape index (κ3) is 8.28. The molecule has 4 rings (SSSR count). The molecule has 0 N–H and O–H groups in total. The third-order valence-electron chi connectivity index (χ3n) is 8.57. The van der Waals surface area contributed by atoms with Crippen LogP contribution in [-0.2, 0) is 9.53 Å². The molecule has 1 aliphatic rings. The quantitative estimate of drug-likeness (QED) is 0.131. The Balaban J connectivity index is 1.28. The summed E-state index contributed by atoms with van der Waals surface area (Å²) < 4.78 is 5.74. The Morgan fingerprint density at radius 1 is 0.692 bits per heavy atom. The standard InChI is InChI=1S/C36H49O2P/c1-36(2,3)29-30-23-25-31(26-24-30)35(37)38-27-15-4-5-16-28-39(32-17-9-6-10-18-32,33-19-11-7-12-20-33)34-21-13-8-14-22-34/h6-14,17-22,30-31,39H,4-5,15-16,23-29H2,1-3H3. The van der Waals surface area contributed by atoms with E-state index in [-0.39, 0.29) is 11.9 Å². The molecule has 0 atom stereocenters. The molecular formula is C36H49O2P. The maximum atomic E-state index is 12.7. The van der Waals surface area contributed by atoms with Crippen molar-refractivity contribution in [3.63, 3.8) is 0 Å². The minimum absolute atomic E-state index is 0.0489. The summed E-state index contributed by atoms with van der Waals surface area (Å²) in [5.74, 6) is 0.940. The molecule has 0 radical (unpaired) electrons. The number of carbonyl (C=O) groups is 1. The van der Waals surface area contributed by atoms with Crippen LogP contribution in [-0.4, -0.2) is 18.7 Å². The van der Waals surface area contributed by atoms with Crippen LogP contribution in [0.5, 0.6) is 0 Å². The fourth-order valence-electron chi connectivity index (χ4n) is 6.71. The number of hydrogen-bond donors (Lipinski definition) is 0. The van der Waals surface area contributed by atoms with Gasteiger partial charge in [0.05, 0.1) is 0 Å². The predicted octanol–water partition coefficient (Wildman–Crippen LogP) is 8.06. The summed E-state index contributed by atoms with van der Waals surface area (Å²) >= 11 is 0. The molecule has 0 aromatic heterocycles. The average molecular weight is 545 g/mol. The molecule has 2 nitrogen and oxygen atoms in total. The zero-order valence-electron chi connectivity index (χ0n) is 24.4. The molecule has 1 fully saturated rings. The monoisotopic (exact) mass is 544 g/mol. The van der Waals surface area contributed by atoms with Gasteiger partial charge >= 0.3 is 206 Å². The Morgan fingerprint density at radius 3 is 1.62 bits per heavy atom. The molecule has 0 amide bonds. The molecule has 0 spiro atoms. The SMILES string of the molecule is CC(C)(C)CC1CCC(C(=O)OCCCCCC[PH](c2ccccc2)(c2ccccc2)c2ccccc2)CC1. The molecule has 3 aromatic carbocycles. The second-order valence-corrected chi connectivity index (χ2v) is 16.9. The van der Waals surface area contributed by atoms with E-state index in [4.69, 9.17) is 4.74 Å². The Kier molecular flexibility index (Phi) is 10.8. The fraction of sp³-hybridized carbons (Fsp3) is 0.472. The van der Waals surface area contributed by atoms with Crippen LogP contribution in [0.3, 0.4) is 0 Å². The van der Waals surface area contributed by atoms with Crippen molar-refractivity contribution in [2.24, 2.45) is 17.3 Å². The van der Waals surface area contributed by atoms with Crippen molar-refractivity contribution in [2.75, 3.05) is 12.8 Å². The van der Waals surface area contributed by atoms with E-state index < -0.39 is 7.26 Å². The summed E-state index contributed by atoms with van der Waals surface area (Å²) in [7, 11) is -2.14. The van der Waals surface area contributed by atoms with Crippen molar-refractivity contribution in [3.05, 3.63) is 91.0 Å². The first kappa shape index (κ1) is 29.5. The topological polar surface area (TPSA) is 26.3 Å². The van der Waals surface area contributed by atoms with Gasteiger partial charge in [-0.2, -0.15) is 0 Å². The Bertz CT molecular complexity index is 1020. The van der Waals surface area contributed by atoms with Crippen molar-refractivity contribution in [1.82, 2.24) is 0 Å². The summed E-state index contributed by atoms with van der Waals surface area (Å²) in [5.41, 5.74) is 0.378. The van der Waals surface area contributed by atoms with Crippen LogP contribution in [0.1, 0.15) is 78.6 Å². The van der Waals surface area contributed by atoms with Crippen molar-refractivity contribution >= 4 is 29.1 Å². The van der Waals surface area contributed by atoms with Crippen LogP contribution in [0.2, 0.25) is 0 Å². The number of hydrogen-bond acceptors (Lipinski definition) is 2. The van der Waals surface area contributed by atoms with E-state index in [2.05, 4.69) is 112 Å². The van der Waals surface area contributed by atoms with Gasteiger partial charge in [0.1, 0.15) is 0 Å². The van der Waals surface area contributed by atoms with Crippen molar-refractivity contribution < 1.29 is 9.53 Å². The molecular weight excluding hydrogens is 495 g/mol. The zero-order chi connectivity index (χ0) is 27.6. The number of benzene rings is 3. The van der Waals surface area contributed by atoms with Crippen LogP contribution in [0.25, 0.3) is 0 Å². The number of unbranched alkanes of at least 4 members (excludes halogenated alkanes) is 3. The molecule has 3 heteroatoms. The van der Waals surface area contributed by atoms with E-state index >= 15 is 0 Å². The zero-order valence-corrected chi connectivity index (χ0v) is 25.4. The summed E-state index contributed by atoms with van der Waals surface area (Å²) in [6.07, 6.45) is 11.2. The molecule has 39 heavy (non-hydrogen) atoms. The van der Waals surface area contributed by atoms with Gasteiger partial charge in [0.2, 0.25) is 0 Å². The number of carbonyl (C=O) groups excluding carboxylic acids is 1. The summed E-state index contributed by atoms with van der Waals surface area (Å²) in [6.45, 7) is 7.53. The summed E-state index contributed by atoms with van der Waals surface area (Å²) in [4.78, 5) is 12.7. The second kappa shape index (κ2) is 14.3. The molecule has 0 unspecified atom stereocenters. The van der Waals surface area contributed by atoms with Crippen LogP contribution >= 0.6 is 7.26 Å². The van der Waals surface area contributed by atoms with Gasteiger partial charge in [0.15, 0.2) is 0 Å². The molecule has 0 aliphatic heterocycles. The molecule has 1 aliphatic carbocycles. The van der Waals surface area contributed by atoms with Crippen molar-refractivity contribution in [1.29, 1.82) is 0 Å². The molecule has 210 valence electrons. The fourth-order valence-corrected chi connectivity index (χ4v) is 11.6. The second-order valence-electron chi connectivity index (χ2n) is 12.8. The van der Waals surface area contributed by atoms with Gasteiger partial charge in [-0.1, -0.05) is 20.8 Å². The van der Waals surface area contributed by atoms with Gasteiger partial charge in [0.25, 0.3) is 0 Å². The Labute approximate surface area is 237 Å². The van der Waals surface area contributed by atoms with Gasteiger partial charge in [-0.05, 0) is 11.8 Å². The number of ether oxygens (including phenoxy) is 1. The normalized spacial score (nSPS) is 18.4. The van der Waals surface area contributed by atoms with E-state index in [1.54, 1.807) is 0 Å². The molecule has 3 aromatic rings. The van der Waals surface area contributed by atoms with Crippen LogP contribution < -0.4 is 15.9 Å². The molecule has 0 heterocycles. The number of esters is 1. The van der Waals surface area contributed by atoms with E-state index in [0.29, 0.717) is 12.0 Å². The Morgan fingerprint density at radius 2 is 1.15 bits per heavy atom. The van der Waals surface area contributed by atoms with E-state index in [1.165, 1.54) is 47.8 Å². The van der Waals surface area contributed by atoms with Crippen LogP contribution in [0.15, 0.2) is 91.0 Å². The number of rotatable bonds is 12. The van der Waals surface area contributed by atoms with Gasteiger partial charge < -0.3 is 0 Å². The summed E-state index contributed by atoms with van der Waals surface area (Å²) in [5, 5.41) is 4.44. The van der Waals surface area contributed by atoms with Gasteiger partial charge in [0, 0.05) is 0 Å². The van der Waals surface area contributed by atoms with E-state index in [1.807, 2.05) is 0 Å². The van der Waals surface area contributed by atoms with Crippen molar-refractivity contribution in [3.8, 4) is 0 Å². The van der Waals surface area contributed by atoms with Crippen molar-refractivity contribution in [2.45, 2.75) is 78.6 Å². The Hall–Kier alpha value is -2.44. The van der Waals surface area contributed by atoms with E-state index in [0.717, 1.165) is 38.0 Å². The first-order valence-corrected chi connectivity index (χ1v) is 17.4. The minimum atomic E-state index is -2.14. The summed E-state index contributed by atoms with van der Waals surface area (Å²) in [6, 6.07) is 33.5. The van der Waals surface area contributed by atoms with Crippen LogP contribution in [0.4, 0.5) is 0 Å². The molecule has 0 bridgehead atoms. The first-order valence-electron chi connectivity index (χ1n) is 15.2. The van der Waals surface area contributed by atoms with Crippen LogP contribution in [0, 0.1) is 17.3 Å². The molecule has 0 saturated heterocycles. The third-order valence-corrected chi connectivity index (χ3v) is 13.6.